The first-order chi connectivity index (χ1) is 7.21. The zero-order chi connectivity index (χ0) is 12.1. The fraction of sp³-hybridized carbons (Fsp3) is 0.429. The van der Waals surface area contributed by atoms with Gasteiger partial charge in [-0.2, -0.15) is 0 Å². The normalized spacial score (nSPS) is 20.1. The highest BCUT2D eigenvalue weighted by Gasteiger charge is 2.36. The Balaban J connectivity index is 2.60. The summed E-state index contributed by atoms with van der Waals surface area (Å²) in [5, 5.41) is 3.43. The van der Waals surface area contributed by atoms with E-state index in [1.807, 2.05) is 0 Å². The fourth-order valence-electron chi connectivity index (χ4n) is 2.56. The molecule has 0 aromatic rings. The van der Waals surface area contributed by atoms with Gasteiger partial charge < -0.3 is 0 Å². The van der Waals surface area contributed by atoms with E-state index in [1.54, 1.807) is 10.4 Å². The molecule has 0 spiro atoms. The van der Waals surface area contributed by atoms with E-state index in [9.17, 15) is 0 Å². The van der Waals surface area contributed by atoms with Crippen molar-refractivity contribution in [1.82, 2.24) is 0 Å². The summed E-state index contributed by atoms with van der Waals surface area (Å²) in [6.07, 6.45) is 9.24. The van der Waals surface area contributed by atoms with Crippen molar-refractivity contribution in [2.75, 3.05) is 0 Å². The molecule has 0 atom stereocenters. The molecule has 0 nitrogen and oxygen atoms in total. The third-order valence-electron chi connectivity index (χ3n) is 3.25. The van der Waals surface area contributed by atoms with Gasteiger partial charge in [0.05, 0.1) is 16.1 Å². The van der Waals surface area contributed by atoms with Crippen LogP contribution >= 0.6 is 0 Å². The Bertz CT molecular complexity index is 430. The molecule has 0 unspecified atom stereocenters. The molecule has 0 radical (unpaired) electrons. The van der Waals surface area contributed by atoms with Crippen LogP contribution in [0.3, 0.4) is 0 Å². The summed E-state index contributed by atoms with van der Waals surface area (Å²) in [5.74, 6) is 0. The molecule has 2 aliphatic rings. The molecule has 2 rings (SSSR count). The zero-order valence-corrected chi connectivity index (χ0v) is 13.3. The van der Waals surface area contributed by atoms with E-state index >= 15 is 0 Å². The van der Waals surface area contributed by atoms with Gasteiger partial charge in [-0.05, 0) is 11.1 Å². The van der Waals surface area contributed by atoms with Crippen LogP contribution in [0.1, 0.15) is 0 Å². The van der Waals surface area contributed by atoms with Gasteiger partial charge >= 0.3 is 0 Å². The second-order valence-electron chi connectivity index (χ2n) is 6.83. The van der Waals surface area contributed by atoms with Crippen molar-refractivity contribution >= 4 is 16.1 Å². The summed E-state index contributed by atoms with van der Waals surface area (Å²) in [6, 6.07) is 0. The standard InChI is InChI=1S/C14H22Si2/c1-15(2,3)13-10-11-8-7-9-12(11)14(13)16(4,5)6/h7-10H,1-6H3. The maximum Gasteiger partial charge on any atom is 0.0782 e. The van der Waals surface area contributed by atoms with Gasteiger partial charge in [0, 0.05) is 0 Å². The second-order valence-corrected chi connectivity index (χ2v) is 16.9. The van der Waals surface area contributed by atoms with Crippen LogP contribution in [-0.4, -0.2) is 16.1 Å². The third kappa shape index (κ3) is 1.84. The van der Waals surface area contributed by atoms with Crippen molar-refractivity contribution in [3.8, 4) is 0 Å². The lowest BCUT2D eigenvalue weighted by Gasteiger charge is -2.27. The van der Waals surface area contributed by atoms with Crippen molar-refractivity contribution in [1.29, 1.82) is 0 Å². The Morgan fingerprint density at radius 3 is 2.00 bits per heavy atom. The van der Waals surface area contributed by atoms with Crippen molar-refractivity contribution in [2.24, 2.45) is 0 Å². The summed E-state index contributed by atoms with van der Waals surface area (Å²) in [7, 11) is -2.43. The lowest BCUT2D eigenvalue weighted by Crippen LogP contribution is -2.32. The predicted octanol–water partition coefficient (Wildman–Crippen LogP) is 4.47. The van der Waals surface area contributed by atoms with Crippen LogP contribution in [0, 0.1) is 0 Å². The van der Waals surface area contributed by atoms with Crippen LogP contribution in [0.25, 0.3) is 0 Å². The van der Waals surface area contributed by atoms with E-state index in [0.717, 1.165) is 0 Å². The molecule has 0 aromatic carbocycles. The number of fused-ring (bicyclic) bond motifs is 1. The van der Waals surface area contributed by atoms with E-state index in [-0.39, 0.29) is 0 Å². The Labute approximate surface area is 101 Å². The summed E-state index contributed by atoms with van der Waals surface area (Å²) in [4.78, 5) is 0. The molecule has 0 amide bonds. The largest absolute Gasteiger partial charge is 0.0782 e. The van der Waals surface area contributed by atoms with Gasteiger partial charge in [-0.3, -0.25) is 0 Å². The predicted molar refractivity (Wildman–Crippen MR) is 79.0 cm³/mol. The van der Waals surface area contributed by atoms with Crippen molar-refractivity contribution in [3.63, 3.8) is 0 Å². The van der Waals surface area contributed by atoms with Gasteiger partial charge in [-0.15, -0.1) is 0 Å². The van der Waals surface area contributed by atoms with Gasteiger partial charge in [-0.1, -0.05) is 74.0 Å². The molecular formula is C14H22Si2. The summed E-state index contributed by atoms with van der Waals surface area (Å²) in [5.41, 5.74) is 3.01. The van der Waals surface area contributed by atoms with Crippen molar-refractivity contribution < 1.29 is 0 Å². The third-order valence-corrected chi connectivity index (χ3v) is 7.55. The minimum Gasteiger partial charge on any atom is -0.0656 e. The van der Waals surface area contributed by atoms with E-state index in [0.29, 0.717) is 0 Å². The maximum atomic E-state index is 2.47. The number of hydrogen-bond donors (Lipinski definition) is 0. The summed E-state index contributed by atoms with van der Waals surface area (Å²) < 4.78 is 0. The molecule has 0 bridgehead atoms. The molecule has 16 heavy (non-hydrogen) atoms. The van der Waals surface area contributed by atoms with E-state index in [2.05, 4.69) is 63.6 Å². The lowest BCUT2D eigenvalue weighted by molar-refractivity contribution is 1.54. The molecule has 86 valence electrons. The topological polar surface area (TPSA) is 0 Å². The molecular weight excluding hydrogens is 224 g/mol. The van der Waals surface area contributed by atoms with Crippen molar-refractivity contribution in [3.05, 3.63) is 45.8 Å². The smallest absolute Gasteiger partial charge is 0.0656 e. The Morgan fingerprint density at radius 2 is 1.50 bits per heavy atom. The molecule has 0 saturated carbocycles. The Morgan fingerprint density at radius 1 is 0.875 bits per heavy atom. The number of allylic oxidation sites excluding steroid dienone is 8. The van der Waals surface area contributed by atoms with Gasteiger partial charge in [0.2, 0.25) is 0 Å². The molecule has 0 aromatic heterocycles. The van der Waals surface area contributed by atoms with Gasteiger partial charge in [0.25, 0.3) is 0 Å². The summed E-state index contributed by atoms with van der Waals surface area (Å²) in [6.45, 7) is 14.8. The van der Waals surface area contributed by atoms with Crippen LogP contribution in [0.2, 0.25) is 39.3 Å². The molecule has 0 N–H and O–H groups in total. The van der Waals surface area contributed by atoms with E-state index in [1.165, 1.54) is 11.1 Å². The minimum absolute atomic E-state index is 1.20. The highest BCUT2D eigenvalue weighted by atomic mass is 28.3. The second kappa shape index (κ2) is 3.44. The number of hydrogen-bond acceptors (Lipinski definition) is 0. The lowest BCUT2D eigenvalue weighted by atomic mass is 10.2. The van der Waals surface area contributed by atoms with Gasteiger partial charge in [-0.25, -0.2) is 0 Å². The van der Waals surface area contributed by atoms with Crippen LogP contribution in [-0.2, 0) is 0 Å². The van der Waals surface area contributed by atoms with Crippen LogP contribution in [0.4, 0.5) is 0 Å². The van der Waals surface area contributed by atoms with Crippen LogP contribution in [0.15, 0.2) is 45.8 Å². The average Bonchev–Trinajstić information content (AvgIpc) is 2.53. The van der Waals surface area contributed by atoms with Crippen molar-refractivity contribution in [2.45, 2.75) is 39.3 Å². The van der Waals surface area contributed by atoms with E-state index in [4.69, 9.17) is 0 Å². The van der Waals surface area contributed by atoms with Gasteiger partial charge in [0.15, 0.2) is 0 Å². The average molecular weight is 247 g/mol. The number of rotatable bonds is 2. The first-order valence-electron chi connectivity index (χ1n) is 6.07. The quantitative estimate of drug-likeness (QED) is 0.631. The molecule has 0 heterocycles. The fourth-order valence-corrected chi connectivity index (χ4v) is 8.20. The van der Waals surface area contributed by atoms with Crippen LogP contribution < -0.4 is 0 Å². The highest BCUT2D eigenvalue weighted by Crippen LogP contribution is 2.43. The zero-order valence-electron chi connectivity index (χ0n) is 11.3. The molecule has 2 heteroatoms. The molecule has 0 fully saturated rings. The van der Waals surface area contributed by atoms with Crippen LogP contribution in [0.5, 0.6) is 0 Å². The monoisotopic (exact) mass is 246 g/mol. The Hall–Kier alpha value is -0.606. The first-order valence-corrected chi connectivity index (χ1v) is 13.1. The first kappa shape index (κ1) is 11.9. The summed E-state index contributed by atoms with van der Waals surface area (Å²) >= 11 is 0. The minimum atomic E-state index is -1.23. The molecule has 2 aliphatic carbocycles. The molecule has 0 saturated heterocycles. The maximum absolute atomic E-state index is 2.47. The highest BCUT2D eigenvalue weighted by molar-refractivity contribution is 6.90. The van der Waals surface area contributed by atoms with E-state index < -0.39 is 16.1 Å². The Kier molecular flexibility index (Phi) is 2.55. The van der Waals surface area contributed by atoms with Gasteiger partial charge in [0.1, 0.15) is 0 Å². The molecule has 0 aliphatic heterocycles. The SMILES string of the molecule is C[Si](C)(C)C1=C([Si](C)(C)C)C2=CC=CC2=C1.